The Morgan fingerprint density at radius 1 is 1.33 bits per heavy atom. The normalized spacial score (nSPS) is 12.5. The molecule has 2 N–H and O–H groups in total. The van der Waals surface area contributed by atoms with Crippen molar-refractivity contribution >= 4 is 34.8 Å². The smallest absolute Gasteiger partial charge is 0.0641 e. The van der Waals surface area contributed by atoms with Crippen LogP contribution in [0.15, 0.2) is 24.8 Å². The summed E-state index contributed by atoms with van der Waals surface area (Å²) in [6.45, 7) is 3.64. The molecule has 0 aliphatic carbocycles. The molecule has 1 aromatic rings. The lowest BCUT2D eigenvalue weighted by Crippen LogP contribution is -2.10. The molecule has 0 spiro atoms. The lowest BCUT2D eigenvalue weighted by atomic mass is 10.0. The second kappa shape index (κ2) is 5.76. The van der Waals surface area contributed by atoms with Gasteiger partial charge in [0.15, 0.2) is 0 Å². The molecule has 82 valence electrons. The lowest BCUT2D eigenvalue weighted by Gasteiger charge is -2.14. The minimum atomic E-state index is -0.160. The third-order valence-electron chi connectivity index (χ3n) is 2.10. The number of nitrogens with two attached hydrogens (primary N) is 1. The minimum Gasteiger partial charge on any atom is -0.324 e. The van der Waals surface area contributed by atoms with Crippen LogP contribution in [0, 0.1) is 0 Å². The molecule has 0 bridgehead atoms. The predicted molar refractivity (Wildman–Crippen MR) is 67.8 cm³/mol. The maximum absolute atomic E-state index is 6.04. The zero-order chi connectivity index (χ0) is 11.4. The van der Waals surface area contributed by atoms with Gasteiger partial charge in [-0.2, -0.15) is 0 Å². The fourth-order valence-electron chi connectivity index (χ4n) is 1.30. The summed E-state index contributed by atoms with van der Waals surface area (Å²) in [5.41, 5.74) is 6.76. The van der Waals surface area contributed by atoms with Crippen LogP contribution in [0.2, 0.25) is 15.1 Å². The van der Waals surface area contributed by atoms with Crippen molar-refractivity contribution in [2.24, 2.45) is 5.73 Å². The third-order valence-corrected chi connectivity index (χ3v) is 3.14. The van der Waals surface area contributed by atoms with Gasteiger partial charge >= 0.3 is 0 Å². The van der Waals surface area contributed by atoms with Gasteiger partial charge in [-0.1, -0.05) is 40.9 Å². The van der Waals surface area contributed by atoms with Crippen molar-refractivity contribution in [3.63, 3.8) is 0 Å². The number of hydrogen-bond donors (Lipinski definition) is 1. The summed E-state index contributed by atoms with van der Waals surface area (Å²) >= 11 is 17.8. The second-order valence-electron chi connectivity index (χ2n) is 3.26. The van der Waals surface area contributed by atoms with E-state index in [0.717, 1.165) is 18.4 Å². The summed E-state index contributed by atoms with van der Waals surface area (Å²) < 4.78 is 0. The SMILES string of the molecule is C=CCC[C@H](N)c1cc(Cl)cc(Cl)c1Cl. The summed E-state index contributed by atoms with van der Waals surface area (Å²) in [5.74, 6) is 0. The van der Waals surface area contributed by atoms with E-state index in [1.807, 2.05) is 6.08 Å². The van der Waals surface area contributed by atoms with Crippen molar-refractivity contribution in [3.8, 4) is 0 Å². The molecule has 0 aliphatic rings. The highest BCUT2D eigenvalue weighted by atomic mass is 35.5. The fraction of sp³-hybridized carbons (Fsp3) is 0.273. The van der Waals surface area contributed by atoms with Crippen molar-refractivity contribution in [1.29, 1.82) is 0 Å². The molecule has 0 amide bonds. The van der Waals surface area contributed by atoms with Crippen molar-refractivity contribution in [2.45, 2.75) is 18.9 Å². The molecule has 4 heteroatoms. The van der Waals surface area contributed by atoms with Gasteiger partial charge in [0.1, 0.15) is 0 Å². The van der Waals surface area contributed by atoms with Crippen LogP contribution in [-0.4, -0.2) is 0 Å². The van der Waals surface area contributed by atoms with Gasteiger partial charge in [-0.25, -0.2) is 0 Å². The largest absolute Gasteiger partial charge is 0.324 e. The van der Waals surface area contributed by atoms with Crippen LogP contribution >= 0.6 is 34.8 Å². The summed E-state index contributed by atoms with van der Waals surface area (Å²) in [7, 11) is 0. The number of rotatable bonds is 4. The molecule has 0 heterocycles. The molecular weight excluding hydrogens is 252 g/mol. The Labute approximate surface area is 105 Å². The highest BCUT2D eigenvalue weighted by molar-refractivity contribution is 6.43. The van der Waals surface area contributed by atoms with Gasteiger partial charge in [-0.3, -0.25) is 0 Å². The van der Waals surface area contributed by atoms with Crippen molar-refractivity contribution in [1.82, 2.24) is 0 Å². The van der Waals surface area contributed by atoms with E-state index in [1.165, 1.54) is 0 Å². The molecular formula is C11H12Cl3N. The zero-order valence-corrected chi connectivity index (χ0v) is 10.4. The van der Waals surface area contributed by atoms with E-state index in [2.05, 4.69) is 6.58 Å². The molecule has 0 saturated carbocycles. The van der Waals surface area contributed by atoms with Gasteiger partial charge in [0, 0.05) is 11.1 Å². The summed E-state index contributed by atoms with van der Waals surface area (Å²) in [5, 5.41) is 1.47. The Kier molecular flexibility index (Phi) is 4.94. The molecule has 1 aromatic carbocycles. The van der Waals surface area contributed by atoms with E-state index in [0.29, 0.717) is 15.1 Å². The lowest BCUT2D eigenvalue weighted by molar-refractivity contribution is 0.662. The molecule has 0 radical (unpaired) electrons. The number of hydrogen-bond acceptors (Lipinski definition) is 1. The Morgan fingerprint density at radius 3 is 2.60 bits per heavy atom. The monoisotopic (exact) mass is 263 g/mol. The molecule has 0 fully saturated rings. The zero-order valence-electron chi connectivity index (χ0n) is 8.14. The predicted octanol–water partition coefficient (Wildman–Crippen LogP) is 4.61. The summed E-state index contributed by atoms with van der Waals surface area (Å²) in [6, 6.07) is 3.20. The van der Waals surface area contributed by atoms with E-state index < -0.39 is 0 Å². The van der Waals surface area contributed by atoms with E-state index in [4.69, 9.17) is 40.5 Å². The van der Waals surface area contributed by atoms with Crippen molar-refractivity contribution in [3.05, 3.63) is 45.4 Å². The molecule has 0 saturated heterocycles. The van der Waals surface area contributed by atoms with Crippen LogP contribution in [0.3, 0.4) is 0 Å². The van der Waals surface area contributed by atoms with Gasteiger partial charge < -0.3 is 5.73 Å². The maximum atomic E-state index is 6.04. The Balaban J connectivity index is 2.96. The first-order valence-corrected chi connectivity index (χ1v) is 5.70. The molecule has 1 atom stereocenters. The van der Waals surface area contributed by atoms with Crippen LogP contribution < -0.4 is 5.73 Å². The van der Waals surface area contributed by atoms with Gasteiger partial charge in [0.05, 0.1) is 10.0 Å². The highest BCUT2D eigenvalue weighted by Gasteiger charge is 2.13. The summed E-state index contributed by atoms with van der Waals surface area (Å²) in [4.78, 5) is 0. The Bertz CT molecular complexity index is 363. The standard InChI is InChI=1S/C11H12Cl3N/c1-2-3-4-10(15)8-5-7(12)6-9(13)11(8)14/h2,5-6,10H,1,3-4,15H2/t10-/m0/s1. The van der Waals surface area contributed by atoms with Crippen LogP contribution in [0.1, 0.15) is 24.4 Å². The van der Waals surface area contributed by atoms with E-state index >= 15 is 0 Å². The van der Waals surface area contributed by atoms with Crippen LogP contribution in [0.4, 0.5) is 0 Å². The Morgan fingerprint density at radius 2 is 2.00 bits per heavy atom. The molecule has 0 unspecified atom stereocenters. The highest BCUT2D eigenvalue weighted by Crippen LogP contribution is 2.33. The van der Waals surface area contributed by atoms with Gasteiger partial charge in [0.25, 0.3) is 0 Å². The maximum Gasteiger partial charge on any atom is 0.0641 e. The average Bonchev–Trinajstić information content (AvgIpc) is 2.19. The number of benzene rings is 1. The van der Waals surface area contributed by atoms with Gasteiger partial charge in [0.2, 0.25) is 0 Å². The second-order valence-corrected chi connectivity index (χ2v) is 4.48. The molecule has 0 aromatic heterocycles. The Hall–Kier alpha value is -0.210. The number of halogens is 3. The first-order valence-electron chi connectivity index (χ1n) is 4.57. The van der Waals surface area contributed by atoms with E-state index in [-0.39, 0.29) is 6.04 Å². The van der Waals surface area contributed by atoms with E-state index in [1.54, 1.807) is 12.1 Å². The first kappa shape index (κ1) is 12.9. The molecule has 15 heavy (non-hydrogen) atoms. The first-order chi connectivity index (χ1) is 7.06. The van der Waals surface area contributed by atoms with Crippen LogP contribution in [-0.2, 0) is 0 Å². The molecule has 1 nitrogen and oxygen atoms in total. The number of allylic oxidation sites excluding steroid dienone is 1. The van der Waals surface area contributed by atoms with Crippen LogP contribution in [0.25, 0.3) is 0 Å². The topological polar surface area (TPSA) is 26.0 Å². The van der Waals surface area contributed by atoms with Crippen molar-refractivity contribution < 1.29 is 0 Å². The van der Waals surface area contributed by atoms with E-state index in [9.17, 15) is 0 Å². The van der Waals surface area contributed by atoms with Gasteiger partial charge in [-0.05, 0) is 30.5 Å². The van der Waals surface area contributed by atoms with Crippen LogP contribution in [0.5, 0.6) is 0 Å². The molecule has 1 rings (SSSR count). The third kappa shape index (κ3) is 3.39. The molecule has 0 aliphatic heterocycles. The minimum absolute atomic E-state index is 0.160. The quantitative estimate of drug-likeness (QED) is 0.623. The fourth-order valence-corrected chi connectivity index (χ4v) is 2.06. The average molecular weight is 265 g/mol. The van der Waals surface area contributed by atoms with Gasteiger partial charge in [-0.15, -0.1) is 6.58 Å². The summed E-state index contributed by atoms with van der Waals surface area (Å²) in [6.07, 6.45) is 3.43. The van der Waals surface area contributed by atoms with Crippen molar-refractivity contribution in [2.75, 3.05) is 0 Å².